The zero-order valence-corrected chi connectivity index (χ0v) is 7.95. The van der Waals surface area contributed by atoms with Gasteiger partial charge in [0.1, 0.15) is 0 Å². The lowest BCUT2D eigenvalue weighted by Gasteiger charge is -2.22. The van der Waals surface area contributed by atoms with E-state index in [4.69, 9.17) is 4.74 Å². The molecule has 0 aromatic carbocycles. The summed E-state index contributed by atoms with van der Waals surface area (Å²) in [5.74, 6) is 0. The molecule has 1 rings (SSSR count). The highest BCUT2D eigenvalue weighted by Gasteiger charge is 2.11. The van der Waals surface area contributed by atoms with Crippen LogP contribution in [0.3, 0.4) is 0 Å². The van der Waals surface area contributed by atoms with Crippen LogP contribution in [-0.2, 0) is 4.74 Å². The quantitative estimate of drug-likeness (QED) is 0.711. The highest BCUT2D eigenvalue weighted by atomic mass is 35.5. The van der Waals surface area contributed by atoms with Gasteiger partial charge in [0.15, 0.2) is 0 Å². The van der Waals surface area contributed by atoms with Gasteiger partial charge in [-0.25, -0.2) is 0 Å². The van der Waals surface area contributed by atoms with Crippen LogP contribution in [0, 0.1) is 0 Å². The summed E-state index contributed by atoms with van der Waals surface area (Å²) in [6, 6.07) is 0. The first-order chi connectivity index (χ1) is 4.93. The van der Waals surface area contributed by atoms with E-state index in [-0.39, 0.29) is 12.4 Å². The van der Waals surface area contributed by atoms with Crippen LogP contribution in [0.5, 0.6) is 0 Å². The van der Waals surface area contributed by atoms with Crippen LogP contribution in [0.4, 0.5) is 0 Å². The molecule has 1 N–H and O–H groups in total. The van der Waals surface area contributed by atoms with Crippen LogP contribution in [0.15, 0.2) is 0 Å². The van der Waals surface area contributed by atoms with Gasteiger partial charge >= 0.3 is 0 Å². The second-order valence-corrected chi connectivity index (χ2v) is 2.80. The van der Waals surface area contributed by atoms with Gasteiger partial charge < -0.3 is 10.1 Å². The minimum absolute atomic E-state index is 0. The molecule has 11 heavy (non-hydrogen) atoms. The number of rotatable bonds is 3. The molecular weight excluding hydrogens is 162 g/mol. The van der Waals surface area contributed by atoms with E-state index < -0.39 is 0 Å². The Morgan fingerprint density at radius 3 is 2.82 bits per heavy atom. The largest absolute Gasteiger partial charge is 0.377 e. The minimum atomic E-state index is 0. The van der Waals surface area contributed by atoms with Crippen molar-refractivity contribution in [3.8, 4) is 0 Å². The third-order valence-electron chi connectivity index (χ3n) is 1.90. The van der Waals surface area contributed by atoms with Gasteiger partial charge in [-0.3, -0.25) is 0 Å². The summed E-state index contributed by atoms with van der Waals surface area (Å²) >= 11 is 0. The summed E-state index contributed by atoms with van der Waals surface area (Å²) in [4.78, 5) is 0. The summed E-state index contributed by atoms with van der Waals surface area (Å²) < 4.78 is 5.52. The molecule has 2 nitrogen and oxygen atoms in total. The van der Waals surface area contributed by atoms with Crippen molar-refractivity contribution in [2.24, 2.45) is 0 Å². The monoisotopic (exact) mass is 179 g/mol. The molecule has 0 spiro atoms. The maximum absolute atomic E-state index is 5.52. The van der Waals surface area contributed by atoms with Gasteiger partial charge in [-0.2, -0.15) is 0 Å². The summed E-state index contributed by atoms with van der Waals surface area (Å²) in [7, 11) is 0. The first kappa shape index (κ1) is 11.2. The van der Waals surface area contributed by atoms with Crippen molar-refractivity contribution in [3.05, 3.63) is 0 Å². The van der Waals surface area contributed by atoms with Crippen molar-refractivity contribution in [2.45, 2.75) is 32.3 Å². The normalized spacial score (nSPS) is 24.3. The Bertz CT molecular complexity index is 84.2. The average molecular weight is 180 g/mol. The predicted octanol–water partition coefficient (Wildman–Crippen LogP) is 1.59. The molecule has 68 valence electrons. The zero-order valence-electron chi connectivity index (χ0n) is 7.14. The number of ether oxygens (including phenoxy) is 1. The summed E-state index contributed by atoms with van der Waals surface area (Å²) in [5.41, 5.74) is 0. The van der Waals surface area contributed by atoms with Crippen LogP contribution in [-0.4, -0.2) is 25.8 Å². The van der Waals surface area contributed by atoms with Gasteiger partial charge in [-0.05, 0) is 25.8 Å². The molecule has 0 aromatic rings. The maximum atomic E-state index is 5.52. The fraction of sp³-hybridized carbons (Fsp3) is 1.00. The van der Waals surface area contributed by atoms with Crippen molar-refractivity contribution in [2.75, 3.05) is 19.7 Å². The van der Waals surface area contributed by atoms with E-state index >= 15 is 0 Å². The first-order valence-corrected chi connectivity index (χ1v) is 4.26. The predicted molar refractivity (Wildman–Crippen MR) is 49.4 cm³/mol. The molecule has 0 aliphatic carbocycles. The molecule has 1 saturated heterocycles. The van der Waals surface area contributed by atoms with E-state index in [0.717, 1.165) is 19.7 Å². The van der Waals surface area contributed by atoms with E-state index in [9.17, 15) is 0 Å². The topological polar surface area (TPSA) is 21.3 Å². The third-order valence-corrected chi connectivity index (χ3v) is 1.90. The molecule has 0 radical (unpaired) electrons. The molecular formula is C8H18ClNO. The summed E-state index contributed by atoms with van der Waals surface area (Å²) in [6.45, 7) is 5.19. The van der Waals surface area contributed by atoms with Crippen molar-refractivity contribution in [3.63, 3.8) is 0 Å². The Morgan fingerprint density at radius 1 is 1.45 bits per heavy atom. The Hall–Kier alpha value is 0.210. The van der Waals surface area contributed by atoms with Crippen LogP contribution >= 0.6 is 12.4 Å². The second-order valence-electron chi connectivity index (χ2n) is 2.80. The molecule has 0 aromatic heterocycles. The van der Waals surface area contributed by atoms with E-state index in [0.29, 0.717) is 6.10 Å². The van der Waals surface area contributed by atoms with Crippen molar-refractivity contribution in [1.82, 2.24) is 5.32 Å². The van der Waals surface area contributed by atoms with Crippen LogP contribution in [0.25, 0.3) is 0 Å². The molecule has 1 atom stereocenters. The average Bonchev–Trinajstić information content (AvgIpc) is 2.03. The molecule has 1 unspecified atom stereocenters. The molecule has 1 aliphatic rings. The van der Waals surface area contributed by atoms with Gasteiger partial charge in [0.25, 0.3) is 0 Å². The van der Waals surface area contributed by atoms with Gasteiger partial charge in [-0.1, -0.05) is 6.92 Å². The Labute approximate surface area is 75.1 Å². The molecule has 1 fully saturated rings. The van der Waals surface area contributed by atoms with Crippen LogP contribution < -0.4 is 5.32 Å². The number of hydrogen-bond donors (Lipinski definition) is 1. The van der Waals surface area contributed by atoms with Gasteiger partial charge in [0.05, 0.1) is 6.10 Å². The lowest BCUT2D eigenvalue weighted by Crippen LogP contribution is -2.31. The Morgan fingerprint density at radius 2 is 2.27 bits per heavy atom. The third kappa shape index (κ3) is 4.62. The summed E-state index contributed by atoms with van der Waals surface area (Å²) in [5, 5.41) is 3.29. The Balaban J connectivity index is 0.000001000. The van der Waals surface area contributed by atoms with E-state index in [1.165, 1.54) is 19.3 Å². The van der Waals surface area contributed by atoms with Crippen molar-refractivity contribution in [1.29, 1.82) is 0 Å². The van der Waals surface area contributed by atoms with E-state index in [2.05, 4.69) is 12.2 Å². The molecule has 0 saturated carbocycles. The number of likely N-dealkylation sites (N-methyl/N-ethyl adjacent to an activating group) is 1. The minimum Gasteiger partial charge on any atom is -0.377 e. The number of halogens is 1. The maximum Gasteiger partial charge on any atom is 0.0699 e. The number of hydrogen-bond acceptors (Lipinski definition) is 2. The number of nitrogens with one attached hydrogen (secondary N) is 1. The SMILES string of the molecule is CCNCC1CCCCO1.Cl. The molecule has 0 amide bonds. The van der Waals surface area contributed by atoms with Crippen LogP contribution in [0.1, 0.15) is 26.2 Å². The zero-order chi connectivity index (χ0) is 7.23. The van der Waals surface area contributed by atoms with Gasteiger partial charge in [0.2, 0.25) is 0 Å². The van der Waals surface area contributed by atoms with Gasteiger partial charge in [0, 0.05) is 13.2 Å². The molecule has 1 heterocycles. The highest BCUT2D eigenvalue weighted by Crippen LogP contribution is 2.11. The smallest absolute Gasteiger partial charge is 0.0699 e. The van der Waals surface area contributed by atoms with Gasteiger partial charge in [-0.15, -0.1) is 12.4 Å². The Kier molecular flexibility index (Phi) is 7.02. The van der Waals surface area contributed by atoms with E-state index in [1.54, 1.807) is 0 Å². The first-order valence-electron chi connectivity index (χ1n) is 4.26. The standard InChI is InChI=1S/C8H17NO.ClH/c1-2-9-7-8-5-3-4-6-10-8;/h8-9H,2-7H2,1H3;1H. The highest BCUT2D eigenvalue weighted by molar-refractivity contribution is 5.85. The lowest BCUT2D eigenvalue weighted by molar-refractivity contribution is 0.0173. The fourth-order valence-electron chi connectivity index (χ4n) is 1.27. The van der Waals surface area contributed by atoms with E-state index in [1.807, 2.05) is 0 Å². The fourth-order valence-corrected chi connectivity index (χ4v) is 1.27. The van der Waals surface area contributed by atoms with Crippen molar-refractivity contribution < 1.29 is 4.74 Å². The molecule has 0 bridgehead atoms. The summed E-state index contributed by atoms with van der Waals surface area (Å²) in [6.07, 6.45) is 4.33. The van der Waals surface area contributed by atoms with Crippen LogP contribution in [0.2, 0.25) is 0 Å². The second kappa shape index (κ2) is 6.89. The molecule has 1 aliphatic heterocycles. The lowest BCUT2D eigenvalue weighted by atomic mass is 10.1. The molecule has 3 heteroatoms. The van der Waals surface area contributed by atoms with Crippen molar-refractivity contribution >= 4 is 12.4 Å².